The van der Waals surface area contributed by atoms with E-state index in [-0.39, 0.29) is 24.3 Å². The molecular formula is C22H27N3O3S. The maximum atomic E-state index is 12.8. The van der Waals surface area contributed by atoms with Gasteiger partial charge in [-0.2, -0.15) is 0 Å². The number of nitrogens with zero attached hydrogens (tertiary/aromatic N) is 1. The first-order chi connectivity index (χ1) is 13.9. The first-order valence-electron chi connectivity index (χ1n) is 9.93. The first-order valence-corrected chi connectivity index (χ1v) is 10.8. The molecule has 2 aromatic rings. The molecule has 6 nitrogen and oxygen atoms in total. The van der Waals surface area contributed by atoms with Crippen LogP contribution in [0.1, 0.15) is 53.1 Å². The van der Waals surface area contributed by atoms with Crippen LogP contribution in [-0.2, 0) is 29.0 Å². The molecule has 29 heavy (non-hydrogen) atoms. The largest absolute Gasteiger partial charge is 0.365 e. The molecule has 3 amide bonds. The lowest BCUT2D eigenvalue weighted by molar-refractivity contribution is -0.138. The molecule has 154 valence electrons. The van der Waals surface area contributed by atoms with Gasteiger partial charge in [0.2, 0.25) is 11.8 Å². The van der Waals surface area contributed by atoms with Gasteiger partial charge in [-0.05, 0) is 36.8 Å². The maximum absolute atomic E-state index is 12.8. The van der Waals surface area contributed by atoms with Crippen LogP contribution in [0, 0.1) is 5.92 Å². The quantitative estimate of drug-likeness (QED) is 0.729. The second kappa shape index (κ2) is 9.22. The number of benzene rings is 1. The number of carbonyl (C=O) groups excluding carboxylic acids is 3. The molecule has 0 spiro atoms. The lowest BCUT2D eigenvalue weighted by Gasteiger charge is -2.24. The van der Waals surface area contributed by atoms with Crippen molar-refractivity contribution in [3.8, 4) is 0 Å². The monoisotopic (exact) mass is 413 g/mol. The fraction of sp³-hybridized carbons (Fsp3) is 0.409. The Labute approximate surface area is 175 Å². The highest BCUT2D eigenvalue weighted by Crippen LogP contribution is 2.37. The van der Waals surface area contributed by atoms with Gasteiger partial charge in [0.15, 0.2) is 0 Å². The summed E-state index contributed by atoms with van der Waals surface area (Å²) in [5, 5.41) is 3.35. The van der Waals surface area contributed by atoms with Crippen LogP contribution in [0.5, 0.6) is 0 Å². The number of primary amides is 1. The second-order valence-electron chi connectivity index (χ2n) is 7.66. The third kappa shape index (κ3) is 5.03. The van der Waals surface area contributed by atoms with Crippen molar-refractivity contribution in [1.82, 2.24) is 4.90 Å². The van der Waals surface area contributed by atoms with E-state index in [1.165, 1.54) is 11.3 Å². The average molecular weight is 414 g/mol. The third-order valence-electron chi connectivity index (χ3n) is 5.03. The number of nitrogens with one attached hydrogen (secondary N) is 1. The number of anilines is 1. The Morgan fingerprint density at radius 3 is 2.48 bits per heavy atom. The van der Waals surface area contributed by atoms with E-state index in [4.69, 9.17) is 5.73 Å². The molecule has 3 rings (SSSR count). The van der Waals surface area contributed by atoms with Crippen molar-refractivity contribution in [2.45, 2.75) is 46.1 Å². The van der Waals surface area contributed by atoms with E-state index in [0.29, 0.717) is 17.1 Å². The average Bonchev–Trinajstić information content (AvgIpc) is 3.05. The molecule has 3 N–H and O–H groups in total. The van der Waals surface area contributed by atoms with Crippen molar-refractivity contribution in [3.05, 3.63) is 51.9 Å². The summed E-state index contributed by atoms with van der Waals surface area (Å²) >= 11 is 1.43. The molecule has 1 aliphatic rings. The summed E-state index contributed by atoms with van der Waals surface area (Å²) in [6.07, 6.45) is 3.81. The molecule has 7 heteroatoms. The lowest BCUT2D eigenvalue weighted by atomic mass is 9.95. The van der Waals surface area contributed by atoms with E-state index >= 15 is 0 Å². The molecule has 0 saturated carbocycles. The van der Waals surface area contributed by atoms with Gasteiger partial charge in [-0.15, -0.1) is 11.3 Å². The molecule has 0 fully saturated rings. The van der Waals surface area contributed by atoms with Crippen LogP contribution < -0.4 is 11.1 Å². The van der Waals surface area contributed by atoms with Crippen LogP contribution in [0.15, 0.2) is 30.3 Å². The summed E-state index contributed by atoms with van der Waals surface area (Å²) in [7, 11) is 0. The Balaban J connectivity index is 1.77. The summed E-state index contributed by atoms with van der Waals surface area (Å²) in [5.74, 6) is -1.15. The van der Waals surface area contributed by atoms with Gasteiger partial charge in [-0.25, -0.2) is 0 Å². The van der Waals surface area contributed by atoms with Gasteiger partial charge in [-0.3, -0.25) is 14.4 Å². The minimum atomic E-state index is -0.515. The predicted octanol–water partition coefficient (Wildman–Crippen LogP) is 3.35. The van der Waals surface area contributed by atoms with E-state index in [0.717, 1.165) is 41.7 Å². The van der Waals surface area contributed by atoms with Crippen molar-refractivity contribution >= 4 is 34.1 Å². The fourth-order valence-corrected chi connectivity index (χ4v) is 4.95. The van der Waals surface area contributed by atoms with Gasteiger partial charge < -0.3 is 16.0 Å². The van der Waals surface area contributed by atoms with Crippen LogP contribution in [-0.4, -0.2) is 29.2 Å². The number of nitrogens with two attached hydrogens (primary N) is 1. The highest BCUT2D eigenvalue weighted by Gasteiger charge is 2.26. The Hall–Kier alpha value is -2.67. The number of carbonyl (C=O) groups is 3. The zero-order valence-corrected chi connectivity index (χ0v) is 17.7. The van der Waals surface area contributed by atoms with Crippen LogP contribution in [0.2, 0.25) is 0 Å². The van der Waals surface area contributed by atoms with Crippen molar-refractivity contribution in [3.63, 3.8) is 0 Å². The summed E-state index contributed by atoms with van der Waals surface area (Å²) in [5.41, 5.74) is 7.97. The number of fused-ring (bicyclic) bond motifs is 1. The predicted molar refractivity (Wildman–Crippen MR) is 115 cm³/mol. The molecule has 0 aliphatic heterocycles. The van der Waals surface area contributed by atoms with Crippen LogP contribution in [0.25, 0.3) is 0 Å². The number of amides is 3. The van der Waals surface area contributed by atoms with Gasteiger partial charge in [0.05, 0.1) is 5.56 Å². The number of hydrogen-bond donors (Lipinski definition) is 2. The van der Waals surface area contributed by atoms with Gasteiger partial charge >= 0.3 is 0 Å². The molecule has 1 aromatic carbocycles. The second-order valence-corrected chi connectivity index (χ2v) is 8.77. The van der Waals surface area contributed by atoms with Crippen LogP contribution in [0.3, 0.4) is 0 Å². The maximum Gasteiger partial charge on any atom is 0.251 e. The van der Waals surface area contributed by atoms with E-state index in [1.807, 2.05) is 44.2 Å². The number of hydrogen-bond acceptors (Lipinski definition) is 4. The van der Waals surface area contributed by atoms with Gasteiger partial charge in [0, 0.05) is 17.3 Å². The highest BCUT2D eigenvalue weighted by molar-refractivity contribution is 7.17. The minimum absolute atomic E-state index is 0.0767. The van der Waals surface area contributed by atoms with Gasteiger partial charge in [-0.1, -0.05) is 44.2 Å². The van der Waals surface area contributed by atoms with Crippen molar-refractivity contribution in [2.75, 3.05) is 11.9 Å². The van der Waals surface area contributed by atoms with Crippen molar-refractivity contribution in [1.29, 1.82) is 0 Å². The zero-order valence-electron chi connectivity index (χ0n) is 16.9. The standard InChI is InChI=1S/C22H27N3O3S/c1-14(2)22(28)25(12-15-8-4-3-5-9-15)13-18(26)24-21-19(20(23)27)16-10-6-7-11-17(16)29-21/h3-5,8-9,14H,6-7,10-13H2,1-2H3,(H2,23,27)(H,24,26). The summed E-state index contributed by atoms with van der Waals surface area (Å²) < 4.78 is 0. The zero-order chi connectivity index (χ0) is 21.0. The molecule has 0 unspecified atom stereocenters. The van der Waals surface area contributed by atoms with E-state index < -0.39 is 5.91 Å². The van der Waals surface area contributed by atoms with E-state index in [1.54, 1.807) is 4.90 Å². The summed E-state index contributed by atoms with van der Waals surface area (Å²) in [4.78, 5) is 40.1. The van der Waals surface area contributed by atoms with Crippen molar-refractivity contribution < 1.29 is 14.4 Å². The molecule has 0 radical (unpaired) electrons. The summed E-state index contributed by atoms with van der Waals surface area (Å²) in [6, 6.07) is 9.58. The molecule has 0 saturated heterocycles. The topological polar surface area (TPSA) is 92.5 Å². The molecular weight excluding hydrogens is 386 g/mol. The fourth-order valence-electron chi connectivity index (χ4n) is 3.63. The van der Waals surface area contributed by atoms with Crippen molar-refractivity contribution in [2.24, 2.45) is 11.7 Å². The number of rotatable bonds is 7. The Morgan fingerprint density at radius 2 is 1.83 bits per heavy atom. The lowest BCUT2D eigenvalue weighted by Crippen LogP contribution is -2.39. The molecule has 0 bridgehead atoms. The molecule has 0 atom stereocenters. The SMILES string of the molecule is CC(C)C(=O)N(CC(=O)Nc1sc2c(c1C(N)=O)CCCC2)Cc1ccccc1. The third-order valence-corrected chi connectivity index (χ3v) is 6.23. The smallest absolute Gasteiger partial charge is 0.251 e. The highest BCUT2D eigenvalue weighted by atomic mass is 32.1. The molecule has 1 aromatic heterocycles. The Bertz CT molecular complexity index is 906. The number of thiophene rings is 1. The van der Waals surface area contributed by atoms with Crippen LogP contribution >= 0.6 is 11.3 Å². The normalized spacial score (nSPS) is 13.1. The molecule has 1 aliphatic carbocycles. The van der Waals surface area contributed by atoms with E-state index in [2.05, 4.69) is 5.32 Å². The van der Waals surface area contributed by atoms with Gasteiger partial charge in [0.25, 0.3) is 5.91 Å². The Morgan fingerprint density at radius 1 is 1.14 bits per heavy atom. The number of aryl methyl sites for hydroxylation is 1. The van der Waals surface area contributed by atoms with Gasteiger partial charge in [0.1, 0.15) is 11.5 Å². The first kappa shape index (κ1) is 21.0. The minimum Gasteiger partial charge on any atom is -0.365 e. The molecule has 1 heterocycles. The van der Waals surface area contributed by atoms with E-state index in [9.17, 15) is 14.4 Å². The van der Waals surface area contributed by atoms with Crippen LogP contribution in [0.4, 0.5) is 5.00 Å². The Kier molecular flexibility index (Phi) is 6.69. The summed E-state index contributed by atoms with van der Waals surface area (Å²) in [6.45, 7) is 3.91.